The van der Waals surface area contributed by atoms with Gasteiger partial charge in [-0.1, -0.05) is 24.3 Å². The number of hydrogen-bond donors (Lipinski definition) is 2. The number of amides is 3. The van der Waals surface area contributed by atoms with Crippen LogP contribution in [0.4, 0.5) is 4.79 Å². The third-order valence-electron chi connectivity index (χ3n) is 3.72. The van der Waals surface area contributed by atoms with Crippen LogP contribution in [0.25, 0.3) is 0 Å². The number of carbonyl (C=O) groups is 3. The van der Waals surface area contributed by atoms with Gasteiger partial charge in [0, 0.05) is 12.7 Å². The normalized spacial score (nSPS) is 18.7. The Morgan fingerprint density at radius 1 is 0.920 bits per heavy atom. The Kier molecular flexibility index (Phi) is 6.55. The van der Waals surface area contributed by atoms with Crippen molar-refractivity contribution in [3.05, 3.63) is 66.8 Å². The maximum absolute atomic E-state index is 11.6. The van der Waals surface area contributed by atoms with Gasteiger partial charge < -0.3 is 5.32 Å². The molecule has 7 heteroatoms. The van der Waals surface area contributed by atoms with Crippen LogP contribution >= 0.6 is 45.2 Å². The molecule has 2 aromatic rings. The van der Waals surface area contributed by atoms with E-state index < -0.39 is 11.6 Å². The van der Waals surface area contributed by atoms with Crippen LogP contribution in [0.5, 0.6) is 0 Å². The average Bonchev–Trinajstić information content (AvgIpc) is 2.82. The first-order chi connectivity index (χ1) is 11.7. The number of imide groups is 1. The van der Waals surface area contributed by atoms with E-state index in [0.717, 1.165) is 18.3 Å². The molecular formula is C18H16I2N2O3. The Bertz CT molecular complexity index is 804. The van der Waals surface area contributed by atoms with Gasteiger partial charge in [0.15, 0.2) is 5.78 Å². The number of hydrogen-bond acceptors (Lipinski definition) is 3. The molecule has 1 heterocycles. The molecule has 0 bridgehead atoms. The van der Waals surface area contributed by atoms with E-state index in [0.29, 0.717) is 0 Å². The number of Topliss-reactive ketones (excluding diaryl/α,β-unsaturated/α-hetero) is 1. The molecule has 2 aromatic carbocycles. The molecule has 1 aliphatic rings. The molecule has 25 heavy (non-hydrogen) atoms. The lowest BCUT2D eigenvalue weighted by atomic mass is 9.92. The molecule has 1 atom stereocenters. The van der Waals surface area contributed by atoms with E-state index in [9.17, 15) is 14.4 Å². The van der Waals surface area contributed by atoms with Gasteiger partial charge in [0.25, 0.3) is 5.91 Å². The summed E-state index contributed by atoms with van der Waals surface area (Å²) in [7, 11) is 0. The SMILES string of the molecule is CC(=O)c1ccc(I)cc1.CC1(c2ccc(I)cc2)NC(=O)NC1=O. The summed E-state index contributed by atoms with van der Waals surface area (Å²) >= 11 is 4.39. The van der Waals surface area contributed by atoms with E-state index >= 15 is 0 Å². The minimum atomic E-state index is -0.943. The van der Waals surface area contributed by atoms with Crippen molar-refractivity contribution in [3.8, 4) is 0 Å². The summed E-state index contributed by atoms with van der Waals surface area (Å²) in [5.74, 6) is -0.190. The summed E-state index contributed by atoms with van der Waals surface area (Å²) < 4.78 is 2.24. The van der Waals surface area contributed by atoms with E-state index in [-0.39, 0.29) is 11.7 Å². The molecule has 0 saturated carbocycles. The summed E-state index contributed by atoms with van der Waals surface area (Å²) in [5.41, 5.74) is 0.619. The number of carbonyl (C=O) groups excluding carboxylic acids is 3. The van der Waals surface area contributed by atoms with Gasteiger partial charge in [0.05, 0.1) is 0 Å². The lowest BCUT2D eigenvalue weighted by Crippen LogP contribution is -2.40. The molecule has 1 aliphatic heterocycles. The maximum atomic E-state index is 11.6. The first-order valence-corrected chi connectivity index (χ1v) is 9.54. The van der Waals surface area contributed by atoms with Gasteiger partial charge in [-0.15, -0.1) is 0 Å². The Morgan fingerprint density at radius 3 is 1.80 bits per heavy atom. The largest absolute Gasteiger partial charge is 0.322 e. The number of rotatable bonds is 2. The van der Waals surface area contributed by atoms with Crippen molar-refractivity contribution in [2.75, 3.05) is 0 Å². The molecule has 0 aliphatic carbocycles. The monoisotopic (exact) mass is 562 g/mol. The van der Waals surface area contributed by atoms with Gasteiger partial charge in [-0.2, -0.15) is 0 Å². The number of urea groups is 1. The summed E-state index contributed by atoms with van der Waals surface area (Å²) in [6.45, 7) is 3.26. The van der Waals surface area contributed by atoms with Gasteiger partial charge in [-0.25, -0.2) is 4.79 Å². The van der Waals surface area contributed by atoms with Crippen LogP contribution in [-0.2, 0) is 10.3 Å². The van der Waals surface area contributed by atoms with Crippen molar-refractivity contribution in [3.63, 3.8) is 0 Å². The summed E-state index contributed by atoms with van der Waals surface area (Å²) in [4.78, 5) is 33.4. The van der Waals surface area contributed by atoms with E-state index in [2.05, 4.69) is 55.8 Å². The lowest BCUT2D eigenvalue weighted by molar-refractivity contribution is -0.123. The standard InChI is InChI=1S/C10H9IN2O2.C8H7IO/c1-10(8(14)12-9(15)13-10)6-2-4-7(11)5-3-6;1-6(10)7-2-4-8(9)5-3-7/h2-5H,1H3,(H2,12,13,14,15);2-5H,1H3. The first-order valence-electron chi connectivity index (χ1n) is 7.38. The molecule has 1 unspecified atom stereocenters. The predicted octanol–water partition coefficient (Wildman–Crippen LogP) is 3.84. The fourth-order valence-electron chi connectivity index (χ4n) is 2.21. The Hall–Kier alpha value is -1.49. The van der Waals surface area contributed by atoms with E-state index in [1.54, 1.807) is 13.8 Å². The molecule has 2 N–H and O–H groups in total. The van der Waals surface area contributed by atoms with Crippen molar-refractivity contribution < 1.29 is 14.4 Å². The molecule has 5 nitrogen and oxygen atoms in total. The Labute approximate surface area is 173 Å². The van der Waals surface area contributed by atoms with E-state index in [1.165, 1.54) is 0 Å². The quantitative estimate of drug-likeness (QED) is 0.332. The molecule has 1 saturated heterocycles. The van der Waals surface area contributed by atoms with Crippen molar-refractivity contribution in [1.29, 1.82) is 0 Å². The minimum Gasteiger partial charge on any atom is -0.320 e. The van der Waals surface area contributed by atoms with Crippen LogP contribution in [0, 0.1) is 7.14 Å². The summed E-state index contributed by atoms with van der Waals surface area (Å²) in [6.07, 6.45) is 0. The average molecular weight is 562 g/mol. The number of ketones is 1. The maximum Gasteiger partial charge on any atom is 0.322 e. The fraction of sp³-hybridized carbons (Fsp3) is 0.167. The third-order valence-corrected chi connectivity index (χ3v) is 5.16. The molecule has 1 fully saturated rings. The van der Waals surface area contributed by atoms with Crippen LogP contribution in [0.3, 0.4) is 0 Å². The van der Waals surface area contributed by atoms with E-state index in [4.69, 9.17) is 0 Å². The zero-order valence-corrected chi connectivity index (χ0v) is 17.9. The smallest absolute Gasteiger partial charge is 0.320 e. The minimum absolute atomic E-state index is 0.122. The van der Waals surface area contributed by atoms with Crippen molar-refractivity contribution in [1.82, 2.24) is 10.6 Å². The second-order valence-corrected chi connectivity index (χ2v) is 8.09. The van der Waals surface area contributed by atoms with Crippen LogP contribution in [0.1, 0.15) is 29.8 Å². The fourth-order valence-corrected chi connectivity index (χ4v) is 2.93. The first kappa shape index (κ1) is 19.8. The van der Waals surface area contributed by atoms with Gasteiger partial charge in [0.1, 0.15) is 5.54 Å². The zero-order valence-electron chi connectivity index (χ0n) is 13.6. The molecular weight excluding hydrogens is 546 g/mol. The van der Waals surface area contributed by atoms with Crippen LogP contribution in [-0.4, -0.2) is 17.7 Å². The summed E-state index contributed by atoms with van der Waals surface area (Å²) in [6, 6.07) is 14.6. The zero-order chi connectivity index (χ0) is 18.6. The van der Waals surface area contributed by atoms with E-state index in [1.807, 2.05) is 48.5 Å². The number of nitrogens with one attached hydrogen (secondary N) is 2. The lowest BCUT2D eigenvalue weighted by Gasteiger charge is -2.20. The van der Waals surface area contributed by atoms with Crippen LogP contribution < -0.4 is 10.6 Å². The molecule has 3 amide bonds. The Morgan fingerprint density at radius 2 is 1.40 bits per heavy atom. The topological polar surface area (TPSA) is 75.3 Å². The number of benzene rings is 2. The second kappa shape index (κ2) is 8.26. The predicted molar refractivity (Wildman–Crippen MR) is 112 cm³/mol. The van der Waals surface area contributed by atoms with Crippen LogP contribution in [0.15, 0.2) is 48.5 Å². The highest BCUT2D eigenvalue weighted by atomic mass is 127. The van der Waals surface area contributed by atoms with Gasteiger partial charge in [-0.3, -0.25) is 14.9 Å². The van der Waals surface area contributed by atoms with Gasteiger partial charge in [0.2, 0.25) is 0 Å². The van der Waals surface area contributed by atoms with Crippen molar-refractivity contribution >= 4 is 62.9 Å². The highest BCUT2D eigenvalue weighted by molar-refractivity contribution is 14.1. The highest BCUT2D eigenvalue weighted by Gasteiger charge is 2.43. The van der Waals surface area contributed by atoms with Crippen LogP contribution in [0.2, 0.25) is 0 Å². The second-order valence-electron chi connectivity index (χ2n) is 5.60. The molecule has 0 aromatic heterocycles. The molecule has 0 radical (unpaired) electrons. The Balaban J connectivity index is 0.000000196. The summed E-state index contributed by atoms with van der Waals surface area (Å²) in [5, 5.41) is 4.84. The number of halogens is 2. The third kappa shape index (κ3) is 5.00. The molecule has 130 valence electrons. The molecule has 3 rings (SSSR count). The van der Waals surface area contributed by atoms with Crippen molar-refractivity contribution in [2.24, 2.45) is 0 Å². The highest BCUT2D eigenvalue weighted by Crippen LogP contribution is 2.24. The van der Waals surface area contributed by atoms with Gasteiger partial charge in [-0.05, 0) is 88.9 Å². The van der Waals surface area contributed by atoms with Crippen molar-refractivity contribution in [2.45, 2.75) is 19.4 Å². The molecule has 0 spiro atoms. The van der Waals surface area contributed by atoms with Gasteiger partial charge >= 0.3 is 6.03 Å².